The van der Waals surface area contributed by atoms with Gasteiger partial charge in [0.15, 0.2) is 0 Å². The Morgan fingerprint density at radius 2 is 1.92 bits per heavy atom. The highest BCUT2D eigenvalue weighted by Gasteiger charge is 2.00. The summed E-state index contributed by atoms with van der Waals surface area (Å²) in [5.74, 6) is -0.216. The summed E-state index contributed by atoms with van der Waals surface area (Å²) in [4.78, 5) is 16.1. The first kappa shape index (κ1) is 15.7. The molecular weight excluding hydrogens is 300 g/mol. The van der Waals surface area contributed by atoms with Crippen molar-refractivity contribution in [3.8, 4) is 0 Å². The second-order valence-corrected chi connectivity index (χ2v) is 5.41. The Morgan fingerprint density at radius 3 is 2.75 bits per heavy atom. The summed E-state index contributed by atoms with van der Waals surface area (Å²) in [6, 6.07) is 19.7. The van der Waals surface area contributed by atoms with Crippen molar-refractivity contribution in [2.24, 2.45) is 5.10 Å². The minimum Gasteiger partial charge on any atom is -0.376 e. The van der Waals surface area contributed by atoms with Crippen LogP contribution in [-0.2, 0) is 4.79 Å². The van der Waals surface area contributed by atoms with Gasteiger partial charge in [-0.1, -0.05) is 36.4 Å². The SMILES string of the molecule is Cc1cccc(C=NNC(=O)CNc2ccc3ccccc3c2)n1. The maximum absolute atomic E-state index is 11.8. The van der Waals surface area contributed by atoms with E-state index in [1.807, 2.05) is 61.5 Å². The van der Waals surface area contributed by atoms with E-state index in [0.29, 0.717) is 5.69 Å². The number of nitrogens with zero attached hydrogens (tertiary/aromatic N) is 2. The molecular formula is C19H18N4O. The number of hydrogen-bond donors (Lipinski definition) is 2. The lowest BCUT2D eigenvalue weighted by molar-refractivity contribution is -0.119. The molecule has 3 rings (SSSR count). The van der Waals surface area contributed by atoms with Crippen molar-refractivity contribution in [2.75, 3.05) is 11.9 Å². The highest BCUT2D eigenvalue weighted by atomic mass is 16.2. The molecule has 0 bridgehead atoms. The monoisotopic (exact) mass is 318 g/mol. The molecule has 0 radical (unpaired) electrons. The molecule has 1 aromatic heterocycles. The van der Waals surface area contributed by atoms with Crippen LogP contribution in [0.3, 0.4) is 0 Å². The molecule has 0 aliphatic heterocycles. The van der Waals surface area contributed by atoms with Crippen molar-refractivity contribution in [3.63, 3.8) is 0 Å². The largest absolute Gasteiger partial charge is 0.376 e. The van der Waals surface area contributed by atoms with Crippen LogP contribution in [0.1, 0.15) is 11.4 Å². The first-order valence-electron chi connectivity index (χ1n) is 7.69. The number of aromatic nitrogens is 1. The van der Waals surface area contributed by atoms with E-state index in [9.17, 15) is 4.79 Å². The Morgan fingerprint density at radius 1 is 1.08 bits per heavy atom. The molecule has 2 aromatic carbocycles. The summed E-state index contributed by atoms with van der Waals surface area (Å²) < 4.78 is 0. The molecule has 24 heavy (non-hydrogen) atoms. The third-order valence-corrected chi connectivity index (χ3v) is 3.50. The van der Waals surface area contributed by atoms with Gasteiger partial charge in [0.2, 0.25) is 0 Å². The number of benzene rings is 2. The zero-order valence-electron chi connectivity index (χ0n) is 13.4. The molecule has 3 aromatic rings. The van der Waals surface area contributed by atoms with Gasteiger partial charge in [0.05, 0.1) is 18.5 Å². The predicted molar refractivity (Wildman–Crippen MR) is 97.1 cm³/mol. The minimum absolute atomic E-state index is 0.150. The van der Waals surface area contributed by atoms with Gasteiger partial charge >= 0.3 is 0 Å². The number of pyridine rings is 1. The molecule has 0 saturated carbocycles. The number of hydrazone groups is 1. The first-order valence-corrected chi connectivity index (χ1v) is 7.69. The minimum atomic E-state index is -0.216. The zero-order valence-corrected chi connectivity index (χ0v) is 13.4. The van der Waals surface area contributed by atoms with Crippen LogP contribution < -0.4 is 10.7 Å². The van der Waals surface area contributed by atoms with Crippen LogP contribution in [0.15, 0.2) is 65.8 Å². The summed E-state index contributed by atoms with van der Waals surface area (Å²) in [7, 11) is 0. The molecule has 0 fully saturated rings. The van der Waals surface area contributed by atoms with Crippen LogP contribution in [0.2, 0.25) is 0 Å². The molecule has 0 saturated heterocycles. The normalized spacial score (nSPS) is 10.9. The van der Waals surface area contributed by atoms with Crippen molar-refractivity contribution >= 4 is 28.6 Å². The maximum atomic E-state index is 11.8. The van der Waals surface area contributed by atoms with Crippen LogP contribution in [0, 0.1) is 6.92 Å². The van der Waals surface area contributed by atoms with Gasteiger partial charge in [-0.3, -0.25) is 9.78 Å². The smallest absolute Gasteiger partial charge is 0.259 e. The molecule has 1 heterocycles. The number of carbonyl (C=O) groups excluding carboxylic acids is 1. The van der Waals surface area contributed by atoms with Crippen LogP contribution in [0.4, 0.5) is 5.69 Å². The van der Waals surface area contributed by atoms with Crippen molar-refractivity contribution in [1.82, 2.24) is 10.4 Å². The number of rotatable bonds is 5. The first-order chi connectivity index (χ1) is 11.7. The number of anilines is 1. The fourth-order valence-electron chi connectivity index (χ4n) is 2.33. The maximum Gasteiger partial charge on any atom is 0.259 e. The Hall–Kier alpha value is -3.21. The fraction of sp³-hybridized carbons (Fsp3) is 0.105. The van der Waals surface area contributed by atoms with Gasteiger partial charge in [0, 0.05) is 11.4 Å². The third-order valence-electron chi connectivity index (χ3n) is 3.50. The number of fused-ring (bicyclic) bond motifs is 1. The number of aryl methyl sites for hydroxylation is 1. The van der Waals surface area contributed by atoms with Crippen LogP contribution in [0.5, 0.6) is 0 Å². The van der Waals surface area contributed by atoms with Crippen molar-refractivity contribution in [2.45, 2.75) is 6.92 Å². The Balaban J connectivity index is 1.53. The quantitative estimate of drug-likeness (QED) is 0.561. The zero-order chi connectivity index (χ0) is 16.8. The van der Waals surface area contributed by atoms with Crippen molar-refractivity contribution < 1.29 is 4.79 Å². The summed E-state index contributed by atoms with van der Waals surface area (Å²) in [5.41, 5.74) is 4.99. The fourth-order valence-corrected chi connectivity index (χ4v) is 2.33. The van der Waals surface area contributed by atoms with E-state index in [0.717, 1.165) is 16.8 Å². The second-order valence-electron chi connectivity index (χ2n) is 5.41. The predicted octanol–water partition coefficient (Wildman–Crippen LogP) is 3.11. The van der Waals surface area contributed by atoms with Crippen LogP contribution in [0.25, 0.3) is 10.8 Å². The van der Waals surface area contributed by atoms with E-state index >= 15 is 0 Å². The molecule has 120 valence electrons. The van der Waals surface area contributed by atoms with Crippen molar-refractivity contribution in [1.29, 1.82) is 0 Å². The molecule has 2 N–H and O–H groups in total. The van der Waals surface area contributed by atoms with Crippen LogP contribution >= 0.6 is 0 Å². The Kier molecular flexibility index (Phi) is 4.81. The summed E-state index contributed by atoms with van der Waals surface area (Å²) in [6.07, 6.45) is 1.53. The summed E-state index contributed by atoms with van der Waals surface area (Å²) in [5, 5.41) is 9.31. The van der Waals surface area contributed by atoms with E-state index < -0.39 is 0 Å². The van der Waals surface area contributed by atoms with E-state index in [1.165, 1.54) is 11.6 Å². The molecule has 0 spiro atoms. The van der Waals surface area contributed by atoms with E-state index in [4.69, 9.17) is 0 Å². The number of amides is 1. The van der Waals surface area contributed by atoms with Crippen LogP contribution in [-0.4, -0.2) is 23.7 Å². The van der Waals surface area contributed by atoms with E-state index in [2.05, 4.69) is 26.9 Å². The molecule has 5 heteroatoms. The lowest BCUT2D eigenvalue weighted by atomic mass is 10.1. The van der Waals surface area contributed by atoms with E-state index in [1.54, 1.807) is 0 Å². The van der Waals surface area contributed by atoms with Gasteiger partial charge in [-0.05, 0) is 42.0 Å². The number of nitrogens with one attached hydrogen (secondary N) is 2. The second kappa shape index (κ2) is 7.37. The third kappa shape index (κ3) is 4.16. The lowest BCUT2D eigenvalue weighted by Gasteiger charge is -2.06. The number of hydrogen-bond acceptors (Lipinski definition) is 4. The van der Waals surface area contributed by atoms with Gasteiger partial charge in [0.25, 0.3) is 5.91 Å². The highest BCUT2D eigenvalue weighted by molar-refractivity contribution is 5.87. The molecule has 0 unspecified atom stereocenters. The summed E-state index contributed by atoms with van der Waals surface area (Å²) >= 11 is 0. The molecule has 5 nitrogen and oxygen atoms in total. The lowest BCUT2D eigenvalue weighted by Crippen LogP contribution is -2.25. The van der Waals surface area contributed by atoms with Gasteiger partial charge in [-0.15, -0.1) is 0 Å². The molecule has 1 amide bonds. The van der Waals surface area contributed by atoms with Gasteiger partial charge < -0.3 is 5.32 Å². The highest BCUT2D eigenvalue weighted by Crippen LogP contribution is 2.18. The molecule has 0 aliphatic carbocycles. The molecule has 0 atom stereocenters. The van der Waals surface area contributed by atoms with Gasteiger partial charge in [0.1, 0.15) is 0 Å². The topological polar surface area (TPSA) is 66.4 Å². The van der Waals surface area contributed by atoms with Gasteiger partial charge in [-0.25, -0.2) is 5.43 Å². The average molecular weight is 318 g/mol. The Labute approximate surface area is 140 Å². The summed E-state index contributed by atoms with van der Waals surface area (Å²) in [6.45, 7) is 2.06. The van der Waals surface area contributed by atoms with Gasteiger partial charge in [-0.2, -0.15) is 5.10 Å². The van der Waals surface area contributed by atoms with Crippen molar-refractivity contribution in [3.05, 3.63) is 72.1 Å². The standard InChI is InChI=1S/C19H18N4O/c1-14-5-4-8-18(22-14)12-21-23-19(24)13-20-17-10-9-15-6-2-3-7-16(15)11-17/h2-12,20H,13H2,1H3,(H,23,24). The Bertz CT molecular complexity index is 889. The number of carbonyl (C=O) groups is 1. The molecule has 0 aliphatic rings. The average Bonchev–Trinajstić information content (AvgIpc) is 2.60. The van der Waals surface area contributed by atoms with E-state index in [-0.39, 0.29) is 12.5 Å².